The summed E-state index contributed by atoms with van der Waals surface area (Å²) in [7, 11) is 0. The van der Waals surface area contributed by atoms with Gasteiger partial charge in [0.05, 0.1) is 23.4 Å². The molecule has 0 radical (unpaired) electrons. The van der Waals surface area contributed by atoms with E-state index in [0.29, 0.717) is 24.0 Å². The number of pyridine rings is 1. The second-order valence-corrected chi connectivity index (χ2v) is 6.72. The number of aryl methyl sites for hydroxylation is 2. The van der Waals surface area contributed by atoms with Crippen molar-refractivity contribution >= 4 is 27.2 Å². The van der Waals surface area contributed by atoms with Gasteiger partial charge in [-0.3, -0.25) is 9.67 Å². The smallest absolute Gasteiger partial charge is 0.318 e. The first-order valence-corrected chi connectivity index (χ1v) is 9.17. The maximum Gasteiger partial charge on any atom is 0.318 e. The maximum atomic E-state index is 6.13. The topological polar surface area (TPSA) is 91.7 Å². The van der Waals surface area contributed by atoms with E-state index < -0.39 is 0 Å². The fraction of sp³-hybridized carbons (Fsp3) is 0.222. The van der Waals surface area contributed by atoms with Crippen LogP contribution in [0.2, 0.25) is 0 Å². The van der Waals surface area contributed by atoms with Crippen molar-refractivity contribution in [2.24, 2.45) is 0 Å². The molecule has 2 N–H and O–H groups in total. The van der Waals surface area contributed by atoms with Crippen molar-refractivity contribution in [3.63, 3.8) is 0 Å². The monoisotopic (exact) mass is 366 g/mol. The second-order valence-electron chi connectivity index (χ2n) is 5.86. The van der Waals surface area contributed by atoms with Crippen molar-refractivity contribution in [3.8, 4) is 17.4 Å². The molecule has 4 aromatic heterocycles. The van der Waals surface area contributed by atoms with Crippen LogP contribution in [0.15, 0.2) is 42.0 Å². The molecule has 0 saturated heterocycles. The summed E-state index contributed by atoms with van der Waals surface area (Å²) in [5.41, 5.74) is 9.19. The summed E-state index contributed by atoms with van der Waals surface area (Å²) in [6.07, 6.45) is 4.51. The van der Waals surface area contributed by atoms with E-state index in [-0.39, 0.29) is 0 Å². The number of thiophene rings is 1. The van der Waals surface area contributed by atoms with Crippen LogP contribution in [0.25, 0.3) is 21.6 Å². The van der Waals surface area contributed by atoms with Crippen molar-refractivity contribution < 1.29 is 4.74 Å². The first-order valence-electron chi connectivity index (χ1n) is 8.29. The van der Waals surface area contributed by atoms with Crippen LogP contribution in [0.1, 0.15) is 12.1 Å². The average molecular weight is 366 g/mol. The lowest BCUT2D eigenvalue weighted by Crippen LogP contribution is -2.07. The van der Waals surface area contributed by atoms with E-state index in [0.717, 1.165) is 34.6 Å². The molecule has 0 saturated carbocycles. The molecular formula is C18H18N6OS. The highest BCUT2D eigenvalue weighted by atomic mass is 32.1. The van der Waals surface area contributed by atoms with Crippen LogP contribution in [0.3, 0.4) is 0 Å². The van der Waals surface area contributed by atoms with E-state index in [1.54, 1.807) is 6.20 Å². The normalized spacial score (nSPS) is 11.1. The Bertz CT molecular complexity index is 1030. The van der Waals surface area contributed by atoms with E-state index in [9.17, 15) is 0 Å². The fourth-order valence-electron chi connectivity index (χ4n) is 2.69. The number of ether oxygens (including phenoxy) is 1. The predicted molar refractivity (Wildman–Crippen MR) is 102 cm³/mol. The van der Waals surface area contributed by atoms with Gasteiger partial charge in [-0.05, 0) is 25.1 Å². The third-order valence-electron chi connectivity index (χ3n) is 3.89. The van der Waals surface area contributed by atoms with Gasteiger partial charge in [-0.15, -0.1) is 11.3 Å². The minimum Gasteiger partial charge on any atom is -0.463 e. The highest BCUT2D eigenvalue weighted by Crippen LogP contribution is 2.35. The summed E-state index contributed by atoms with van der Waals surface area (Å²) in [6, 6.07) is 8.08. The average Bonchev–Trinajstić information content (AvgIpc) is 3.28. The summed E-state index contributed by atoms with van der Waals surface area (Å²) in [5.74, 6) is 0. The molecule has 0 bridgehead atoms. The van der Waals surface area contributed by atoms with Crippen LogP contribution in [0, 0.1) is 6.92 Å². The lowest BCUT2D eigenvalue weighted by Gasteiger charge is -2.08. The minimum atomic E-state index is 0.345. The number of nitrogens with two attached hydrogens (primary N) is 1. The third kappa shape index (κ3) is 3.36. The Labute approximate surface area is 154 Å². The highest BCUT2D eigenvalue weighted by molar-refractivity contribution is 7.17. The first-order chi connectivity index (χ1) is 12.7. The van der Waals surface area contributed by atoms with Gasteiger partial charge in [0.2, 0.25) is 0 Å². The Morgan fingerprint density at radius 2 is 2.12 bits per heavy atom. The van der Waals surface area contributed by atoms with E-state index in [1.807, 2.05) is 47.4 Å². The number of rotatable bonds is 6. The SMILES string of the molecule is Cc1cccc(-c2nc(OCCCn3cccn3)nc3scc(N)c23)n1. The van der Waals surface area contributed by atoms with Gasteiger partial charge in [-0.1, -0.05) is 6.07 Å². The third-order valence-corrected chi connectivity index (χ3v) is 4.78. The molecule has 0 spiro atoms. The molecule has 7 nitrogen and oxygen atoms in total. The Hall–Kier alpha value is -3.00. The van der Waals surface area contributed by atoms with Crippen LogP contribution >= 0.6 is 11.3 Å². The number of fused-ring (bicyclic) bond motifs is 1. The lowest BCUT2D eigenvalue weighted by molar-refractivity contribution is 0.278. The standard InChI is InChI=1S/C18H18N6OS/c1-12-5-2-6-14(21-12)16-15-13(19)11-26-17(15)23-18(22-16)25-10-4-9-24-8-3-7-20-24/h2-3,5-8,11H,4,9-10,19H2,1H3. The van der Waals surface area contributed by atoms with Crippen LogP contribution in [0.5, 0.6) is 6.01 Å². The quantitative estimate of drug-likeness (QED) is 0.526. The molecule has 8 heteroatoms. The number of nitrogens with zero attached hydrogens (tertiary/aromatic N) is 5. The number of aromatic nitrogens is 5. The van der Waals surface area contributed by atoms with Crippen molar-refractivity contribution in [2.75, 3.05) is 12.3 Å². The Morgan fingerprint density at radius 3 is 2.92 bits per heavy atom. The molecule has 0 aliphatic rings. The number of hydrogen-bond donors (Lipinski definition) is 1. The van der Waals surface area contributed by atoms with Gasteiger partial charge >= 0.3 is 6.01 Å². The first kappa shape index (κ1) is 16.5. The lowest BCUT2D eigenvalue weighted by atomic mass is 10.2. The second kappa shape index (κ2) is 7.09. The fourth-order valence-corrected chi connectivity index (χ4v) is 3.51. The zero-order chi connectivity index (χ0) is 17.9. The van der Waals surface area contributed by atoms with Crippen molar-refractivity contribution in [1.82, 2.24) is 24.7 Å². The molecule has 0 aliphatic carbocycles. The molecule has 0 fully saturated rings. The molecule has 4 rings (SSSR count). The van der Waals surface area contributed by atoms with E-state index >= 15 is 0 Å². The van der Waals surface area contributed by atoms with E-state index in [2.05, 4.69) is 20.1 Å². The van der Waals surface area contributed by atoms with Crippen molar-refractivity contribution in [1.29, 1.82) is 0 Å². The minimum absolute atomic E-state index is 0.345. The number of nitrogen functional groups attached to an aromatic ring is 1. The van der Waals surface area contributed by atoms with Gasteiger partial charge in [0.15, 0.2) is 0 Å². The van der Waals surface area contributed by atoms with Crippen LogP contribution < -0.4 is 10.5 Å². The summed E-state index contributed by atoms with van der Waals surface area (Å²) < 4.78 is 7.66. The van der Waals surface area contributed by atoms with Crippen LogP contribution in [-0.4, -0.2) is 31.3 Å². The Balaban J connectivity index is 1.60. The van der Waals surface area contributed by atoms with Crippen molar-refractivity contribution in [3.05, 3.63) is 47.7 Å². The number of hydrogen-bond acceptors (Lipinski definition) is 7. The zero-order valence-corrected chi connectivity index (χ0v) is 15.1. The van der Waals surface area contributed by atoms with E-state index in [4.69, 9.17) is 10.5 Å². The highest BCUT2D eigenvalue weighted by Gasteiger charge is 2.16. The van der Waals surface area contributed by atoms with E-state index in [1.165, 1.54) is 11.3 Å². The Morgan fingerprint density at radius 1 is 1.19 bits per heavy atom. The summed E-state index contributed by atoms with van der Waals surface area (Å²) >= 11 is 1.48. The van der Waals surface area contributed by atoms with Gasteiger partial charge in [-0.25, -0.2) is 0 Å². The van der Waals surface area contributed by atoms with Gasteiger partial charge in [-0.2, -0.15) is 15.1 Å². The molecule has 0 amide bonds. The maximum absolute atomic E-state index is 6.13. The van der Waals surface area contributed by atoms with Gasteiger partial charge in [0.25, 0.3) is 0 Å². The van der Waals surface area contributed by atoms with Crippen molar-refractivity contribution in [2.45, 2.75) is 19.9 Å². The molecule has 26 heavy (non-hydrogen) atoms. The molecule has 0 unspecified atom stereocenters. The number of anilines is 1. The van der Waals surface area contributed by atoms with Crippen LogP contribution in [-0.2, 0) is 6.54 Å². The molecule has 4 heterocycles. The van der Waals surface area contributed by atoms with Crippen LogP contribution in [0.4, 0.5) is 5.69 Å². The van der Waals surface area contributed by atoms with Gasteiger partial charge < -0.3 is 10.5 Å². The molecule has 0 atom stereocenters. The summed E-state index contributed by atoms with van der Waals surface area (Å²) in [5, 5.41) is 6.88. The van der Waals surface area contributed by atoms with Gasteiger partial charge in [0.1, 0.15) is 10.5 Å². The molecular weight excluding hydrogens is 348 g/mol. The molecule has 0 aliphatic heterocycles. The summed E-state index contributed by atoms with van der Waals surface area (Å²) in [6.45, 7) is 3.24. The Kier molecular flexibility index (Phi) is 4.49. The zero-order valence-electron chi connectivity index (χ0n) is 14.3. The summed E-state index contributed by atoms with van der Waals surface area (Å²) in [4.78, 5) is 14.5. The largest absolute Gasteiger partial charge is 0.463 e. The molecule has 0 aromatic carbocycles. The molecule has 132 valence electrons. The van der Waals surface area contributed by atoms with Gasteiger partial charge in [0, 0.05) is 36.4 Å². The molecule has 4 aromatic rings. The predicted octanol–water partition coefficient (Wildman–Crippen LogP) is 3.31.